The maximum absolute atomic E-state index is 3.63. The van der Waals surface area contributed by atoms with E-state index in [9.17, 15) is 0 Å². The molecule has 0 N–H and O–H groups in total. The molecule has 88 valence electrons. The third-order valence-corrected chi connectivity index (χ3v) is 2.56. The Morgan fingerprint density at radius 1 is 0.941 bits per heavy atom. The molecule has 0 spiro atoms. The standard InChI is InChI=1S/C9H12.C8H8/c1-3-9-6-4-8(2)5-7-9;1-2-8-6-4-3-5-7-8/h4-7H,3H2,1-2H3;2-7H,1H2. The molecule has 2 aromatic rings. The van der Waals surface area contributed by atoms with Gasteiger partial charge in [0, 0.05) is 0 Å². The lowest BCUT2D eigenvalue weighted by atomic mass is 10.1. The minimum atomic E-state index is 1.14. The molecule has 0 radical (unpaired) electrons. The van der Waals surface area contributed by atoms with Crippen molar-refractivity contribution >= 4 is 6.08 Å². The lowest BCUT2D eigenvalue weighted by Gasteiger charge is -1.94. The van der Waals surface area contributed by atoms with Crippen molar-refractivity contribution in [3.05, 3.63) is 77.9 Å². The van der Waals surface area contributed by atoms with E-state index < -0.39 is 0 Å². The zero-order chi connectivity index (χ0) is 12.5. The van der Waals surface area contributed by atoms with Crippen molar-refractivity contribution in [2.75, 3.05) is 0 Å². The fourth-order valence-electron chi connectivity index (χ4n) is 1.41. The average Bonchev–Trinajstić information content (AvgIpc) is 2.41. The zero-order valence-corrected chi connectivity index (χ0v) is 10.7. The predicted molar refractivity (Wildman–Crippen MR) is 77.1 cm³/mol. The number of rotatable bonds is 2. The van der Waals surface area contributed by atoms with E-state index in [-0.39, 0.29) is 0 Å². The molecule has 2 rings (SSSR count). The lowest BCUT2D eigenvalue weighted by molar-refractivity contribution is 1.14. The van der Waals surface area contributed by atoms with Gasteiger partial charge in [-0.15, -0.1) is 0 Å². The SMILES string of the molecule is C=Cc1ccccc1.CCc1ccc(C)cc1. The van der Waals surface area contributed by atoms with Crippen LogP contribution in [0.2, 0.25) is 0 Å². The number of hydrogen-bond donors (Lipinski definition) is 0. The second-order valence-corrected chi connectivity index (χ2v) is 3.95. The second-order valence-electron chi connectivity index (χ2n) is 3.95. The van der Waals surface area contributed by atoms with Crippen LogP contribution in [0.4, 0.5) is 0 Å². The summed E-state index contributed by atoms with van der Waals surface area (Å²) in [6.45, 7) is 7.91. The molecule has 0 unspecified atom stereocenters. The van der Waals surface area contributed by atoms with Gasteiger partial charge in [-0.3, -0.25) is 0 Å². The van der Waals surface area contributed by atoms with Crippen LogP contribution >= 0.6 is 0 Å². The van der Waals surface area contributed by atoms with Crippen LogP contribution in [-0.2, 0) is 6.42 Å². The Morgan fingerprint density at radius 3 is 1.94 bits per heavy atom. The molecular weight excluding hydrogens is 204 g/mol. The van der Waals surface area contributed by atoms with Gasteiger partial charge < -0.3 is 0 Å². The summed E-state index contributed by atoms with van der Waals surface area (Å²) in [6, 6.07) is 18.7. The van der Waals surface area contributed by atoms with Gasteiger partial charge in [0.05, 0.1) is 0 Å². The summed E-state index contributed by atoms with van der Waals surface area (Å²) in [5.74, 6) is 0. The molecule has 17 heavy (non-hydrogen) atoms. The summed E-state index contributed by atoms with van der Waals surface area (Å²) in [6.07, 6.45) is 2.97. The van der Waals surface area contributed by atoms with Crippen LogP contribution in [0.25, 0.3) is 6.08 Å². The highest BCUT2D eigenvalue weighted by Gasteiger charge is 1.84. The van der Waals surface area contributed by atoms with Gasteiger partial charge in [0.2, 0.25) is 0 Å². The van der Waals surface area contributed by atoms with E-state index in [1.807, 2.05) is 36.4 Å². The van der Waals surface area contributed by atoms with Crippen molar-refractivity contribution in [1.82, 2.24) is 0 Å². The molecular formula is C17H20. The molecule has 0 fully saturated rings. The van der Waals surface area contributed by atoms with Crippen molar-refractivity contribution in [2.45, 2.75) is 20.3 Å². The Hall–Kier alpha value is -1.82. The van der Waals surface area contributed by atoms with E-state index >= 15 is 0 Å². The van der Waals surface area contributed by atoms with Crippen LogP contribution in [0.1, 0.15) is 23.6 Å². The minimum absolute atomic E-state index is 1.14. The molecule has 0 aliphatic carbocycles. The monoisotopic (exact) mass is 224 g/mol. The Morgan fingerprint density at radius 2 is 1.53 bits per heavy atom. The van der Waals surface area contributed by atoms with E-state index in [1.165, 1.54) is 16.7 Å². The normalized spacial score (nSPS) is 9.06. The Balaban J connectivity index is 0.000000171. The first-order chi connectivity index (χ1) is 8.26. The molecule has 0 aliphatic rings. The van der Waals surface area contributed by atoms with Gasteiger partial charge in [0.1, 0.15) is 0 Å². The molecule has 0 aliphatic heterocycles. The fraction of sp³-hybridized carbons (Fsp3) is 0.176. The number of aryl methyl sites for hydroxylation is 2. The van der Waals surface area contributed by atoms with Gasteiger partial charge in [-0.2, -0.15) is 0 Å². The largest absolute Gasteiger partial charge is 0.0985 e. The molecule has 0 heteroatoms. The summed E-state index contributed by atoms with van der Waals surface area (Å²) < 4.78 is 0. The molecule has 0 bridgehead atoms. The molecule has 0 aromatic heterocycles. The van der Waals surface area contributed by atoms with Gasteiger partial charge in [0.25, 0.3) is 0 Å². The highest BCUT2D eigenvalue weighted by Crippen LogP contribution is 2.02. The fourth-order valence-corrected chi connectivity index (χ4v) is 1.41. The molecule has 0 heterocycles. The summed E-state index contributed by atoms with van der Waals surface area (Å²) >= 11 is 0. The van der Waals surface area contributed by atoms with Crippen LogP contribution < -0.4 is 0 Å². The van der Waals surface area contributed by atoms with E-state index in [0.717, 1.165) is 6.42 Å². The molecule has 0 atom stereocenters. The minimum Gasteiger partial charge on any atom is -0.0985 e. The van der Waals surface area contributed by atoms with E-state index in [0.29, 0.717) is 0 Å². The molecule has 0 amide bonds. The van der Waals surface area contributed by atoms with Crippen LogP contribution in [0.15, 0.2) is 61.2 Å². The topological polar surface area (TPSA) is 0 Å². The molecule has 0 nitrogen and oxygen atoms in total. The van der Waals surface area contributed by atoms with Crippen LogP contribution in [0, 0.1) is 6.92 Å². The van der Waals surface area contributed by atoms with E-state index in [1.54, 1.807) is 0 Å². The smallest absolute Gasteiger partial charge is 0.0263 e. The van der Waals surface area contributed by atoms with E-state index in [4.69, 9.17) is 0 Å². The molecule has 2 aromatic carbocycles. The van der Waals surface area contributed by atoms with Gasteiger partial charge in [0.15, 0.2) is 0 Å². The maximum atomic E-state index is 3.63. The van der Waals surface area contributed by atoms with Gasteiger partial charge in [-0.05, 0) is 24.5 Å². The summed E-state index contributed by atoms with van der Waals surface area (Å²) in [5, 5.41) is 0. The summed E-state index contributed by atoms with van der Waals surface area (Å²) in [7, 11) is 0. The second kappa shape index (κ2) is 7.45. The Kier molecular flexibility index (Phi) is 5.81. The third-order valence-electron chi connectivity index (χ3n) is 2.56. The maximum Gasteiger partial charge on any atom is -0.0263 e. The first-order valence-electron chi connectivity index (χ1n) is 5.99. The highest BCUT2D eigenvalue weighted by molar-refractivity contribution is 5.45. The number of hydrogen-bond acceptors (Lipinski definition) is 0. The molecule has 0 saturated heterocycles. The Bertz CT molecular complexity index is 423. The lowest BCUT2D eigenvalue weighted by Crippen LogP contribution is -1.77. The van der Waals surface area contributed by atoms with Gasteiger partial charge in [-0.1, -0.05) is 79.7 Å². The van der Waals surface area contributed by atoms with Crippen molar-refractivity contribution in [2.24, 2.45) is 0 Å². The molecule has 0 saturated carbocycles. The summed E-state index contributed by atoms with van der Waals surface area (Å²) in [4.78, 5) is 0. The van der Waals surface area contributed by atoms with Crippen LogP contribution in [0.5, 0.6) is 0 Å². The quantitative estimate of drug-likeness (QED) is 0.681. The summed E-state index contributed by atoms with van der Waals surface area (Å²) in [5.41, 5.74) is 3.93. The van der Waals surface area contributed by atoms with Gasteiger partial charge in [-0.25, -0.2) is 0 Å². The van der Waals surface area contributed by atoms with Crippen molar-refractivity contribution in [3.63, 3.8) is 0 Å². The van der Waals surface area contributed by atoms with Crippen molar-refractivity contribution in [1.29, 1.82) is 0 Å². The van der Waals surface area contributed by atoms with Crippen LogP contribution in [0.3, 0.4) is 0 Å². The van der Waals surface area contributed by atoms with Crippen molar-refractivity contribution < 1.29 is 0 Å². The van der Waals surface area contributed by atoms with Crippen LogP contribution in [-0.4, -0.2) is 0 Å². The van der Waals surface area contributed by atoms with Crippen molar-refractivity contribution in [3.8, 4) is 0 Å². The third kappa shape index (κ3) is 5.17. The van der Waals surface area contributed by atoms with Gasteiger partial charge >= 0.3 is 0 Å². The number of benzene rings is 2. The van der Waals surface area contributed by atoms with E-state index in [2.05, 4.69) is 44.7 Å². The average molecular weight is 224 g/mol. The zero-order valence-electron chi connectivity index (χ0n) is 10.7. The first-order valence-corrected chi connectivity index (χ1v) is 5.99. The predicted octanol–water partition coefficient (Wildman–Crippen LogP) is 4.89. The Labute approximate surface area is 105 Å². The highest BCUT2D eigenvalue weighted by atomic mass is 13.9. The first kappa shape index (κ1) is 13.2.